The van der Waals surface area contributed by atoms with Crippen LogP contribution >= 0.6 is 7.60 Å². The Kier molecular flexibility index (Phi) is 21.9. The van der Waals surface area contributed by atoms with Crippen molar-refractivity contribution in [3.05, 3.63) is 0 Å². The number of unbranched alkanes of at least 4 members (excludes halogenated alkanes) is 19. The molecule has 0 unspecified atom stereocenters. The second-order valence-corrected chi connectivity index (χ2v) is 10.2. The quantitative estimate of drug-likeness (QED) is 0.0769. The van der Waals surface area contributed by atoms with Crippen LogP contribution in [0.25, 0.3) is 0 Å². The normalized spacial score (nSPS) is 11.5. The van der Waals surface area contributed by atoms with E-state index in [1.807, 2.05) is 0 Å². The Morgan fingerprint density at radius 1 is 0.517 bits per heavy atom. The Morgan fingerprint density at radius 2 is 0.793 bits per heavy atom. The molecule has 0 radical (unpaired) electrons. The zero-order valence-corrected chi connectivity index (χ0v) is 19.6. The van der Waals surface area contributed by atoms with Crippen molar-refractivity contribution in [2.24, 2.45) is 4.99 Å². The van der Waals surface area contributed by atoms with Gasteiger partial charge in [-0.2, -0.15) is 0 Å². The lowest BCUT2D eigenvalue weighted by Crippen LogP contribution is -1.88. The fourth-order valence-electron chi connectivity index (χ4n) is 3.74. The van der Waals surface area contributed by atoms with Crippen LogP contribution in [-0.2, 0) is 9.36 Å². The van der Waals surface area contributed by atoms with E-state index in [-0.39, 0.29) is 6.16 Å². The van der Waals surface area contributed by atoms with Crippen molar-refractivity contribution in [2.45, 2.75) is 128 Å². The fraction of sp³-hybridized carbons (Fsp3) is 0.957. The smallest absolute Gasteiger partial charge is 0.324 e. The number of rotatable bonds is 23. The van der Waals surface area contributed by atoms with E-state index >= 15 is 0 Å². The van der Waals surface area contributed by atoms with Crippen LogP contribution in [0.3, 0.4) is 0 Å². The van der Waals surface area contributed by atoms with Gasteiger partial charge in [-0.25, -0.2) is 9.79 Å². The molecule has 0 heterocycles. The highest BCUT2D eigenvalue weighted by Crippen LogP contribution is 2.35. The van der Waals surface area contributed by atoms with Crippen molar-refractivity contribution in [3.8, 4) is 0 Å². The molecule has 0 saturated carbocycles. The molecule has 29 heavy (non-hydrogen) atoms. The summed E-state index contributed by atoms with van der Waals surface area (Å²) in [5, 5.41) is 0. The minimum atomic E-state index is -3.77. The molecule has 0 aromatic rings. The van der Waals surface area contributed by atoms with E-state index in [2.05, 4.69) is 4.99 Å². The summed E-state index contributed by atoms with van der Waals surface area (Å²) < 4.78 is 10.7. The fourth-order valence-corrected chi connectivity index (χ4v) is 4.37. The van der Waals surface area contributed by atoms with Gasteiger partial charge < -0.3 is 9.79 Å². The molecule has 0 saturated heterocycles. The summed E-state index contributed by atoms with van der Waals surface area (Å²) in [6.45, 7) is 0.646. The SMILES string of the molecule is O=C=NCCCCCCCCCCCCCCCCCCCCCCP(=O)(O)O. The molecule has 0 amide bonds. The lowest BCUT2D eigenvalue weighted by molar-refractivity contribution is 0.370. The number of nitrogens with zero attached hydrogens (tertiary/aromatic N) is 1. The monoisotopic (exact) mass is 431 g/mol. The summed E-state index contributed by atoms with van der Waals surface area (Å²) in [6.07, 6.45) is 26.6. The van der Waals surface area contributed by atoms with Gasteiger partial charge in [0.05, 0.1) is 6.54 Å². The largest absolute Gasteiger partial charge is 0.325 e. The number of carbonyl (C=O) groups excluding carboxylic acids is 1. The van der Waals surface area contributed by atoms with Gasteiger partial charge in [0.1, 0.15) is 0 Å². The van der Waals surface area contributed by atoms with Gasteiger partial charge >= 0.3 is 7.60 Å². The molecule has 0 aliphatic rings. The molecule has 172 valence electrons. The maximum Gasteiger partial charge on any atom is 0.325 e. The molecule has 0 aliphatic heterocycles. The van der Waals surface area contributed by atoms with Crippen LogP contribution in [0.15, 0.2) is 4.99 Å². The van der Waals surface area contributed by atoms with Crippen molar-refractivity contribution in [1.82, 2.24) is 0 Å². The molecule has 0 rings (SSSR count). The second-order valence-electron chi connectivity index (χ2n) is 8.43. The lowest BCUT2D eigenvalue weighted by atomic mass is 10.0. The van der Waals surface area contributed by atoms with Crippen molar-refractivity contribution in [1.29, 1.82) is 0 Å². The second kappa shape index (κ2) is 22.2. The van der Waals surface area contributed by atoms with Gasteiger partial charge in [-0.05, 0) is 12.8 Å². The topological polar surface area (TPSA) is 87.0 Å². The molecule has 0 atom stereocenters. The number of aliphatic imine (C=N–C) groups is 1. The van der Waals surface area contributed by atoms with Gasteiger partial charge in [0.2, 0.25) is 6.08 Å². The van der Waals surface area contributed by atoms with E-state index in [9.17, 15) is 9.36 Å². The Hall–Kier alpha value is -0.470. The molecule has 0 fully saturated rings. The van der Waals surface area contributed by atoms with Crippen LogP contribution in [0, 0.1) is 0 Å². The molecule has 0 bridgehead atoms. The minimum absolute atomic E-state index is 0.0491. The third kappa shape index (κ3) is 27.5. The molecule has 5 nitrogen and oxygen atoms in total. The number of hydrogen-bond donors (Lipinski definition) is 2. The van der Waals surface area contributed by atoms with Crippen LogP contribution in [0.1, 0.15) is 128 Å². The average Bonchev–Trinajstić information content (AvgIpc) is 2.67. The predicted molar refractivity (Wildman–Crippen MR) is 122 cm³/mol. The highest BCUT2D eigenvalue weighted by Gasteiger charge is 2.10. The van der Waals surface area contributed by atoms with E-state index in [0.29, 0.717) is 13.0 Å². The Labute approximate surface area is 179 Å². The molecule has 0 spiro atoms. The molecule has 0 aliphatic carbocycles. The van der Waals surface area contributed by atoms with E-state index in [1.54, 1.807) is 6.08 Å². The third-order valence-electron chi connectivity index (χ3n) is 5.53. The zero-order chi connectivity index (χ0) is 21.5. The first-order valence-corrected chi connectivity index (χ1v) is 13.9. The number of hydrogen-bond acceptors (Lipinski definition) is 3. The standard InChI is InChI=1S/C23H46NO4P/c25-23-24-21-19-17-15-13-11-9-7-5-3-1-2-4-6-8-10-12-14-16-18-20-22-29(26,27)28/h1-22H2,(H2,26,27,28). The molecule has 6 heteroatoms. The third-order valence-corrected chi connectivity index (χ3v) is 6.43. The average molecular weight is 432 g/mol. The highest BCUT2D eigenvalue weighted by molar-refractivity contribution is 7.51. The summed E-state index contributed by atoms with van der Waals surface area (Å²) in [7, 11) is -3.77. The summed E-state index contributed by atoms with van der Waals surface area (Å²) in [5.74, 6) is 0. The maximum atomic E-state index is 10.7. The summed E-state index contributed by atoms with van der Waals surface area (Å²) in [6, 6.07) is 0. The lowest BCUT2D eigenvalue weighted by Gasteiger charge is -2.04. The van der Waals surface area contributed by atoms with Gasteiger partial charge in [-0.15, -0.1) is 0 Å². The van der Waals surface area contributed by atoms with Crippen LogP contribution in [0.5, 0.6) is 0 Å². The summed E-state index contributed by atoms with van der Waals surface area (Å²) in [4.78, 5) is 31.1. The van der Waals surface area contributed by atoms with Gasteiger partial charge in [0, 0.05) is 6.16 Å². The molecule has 0 aromatic carbocycles. The summed E-state index contributed by atoms with van der Waals surface area (Å²) in [5.41, 5.74) is 0. The van der Waals surface area contributed by atoms with E-state index < -0.39 is 7.60 Å². The first-order chi connectivity index (χ1) is 14.1. The van der Waals surface area contributed by atoms with Crippen LogP contribution in [0.4, 0.5) is 0 Å². The Balaban J connectivity index is 3.05. The van der Waals surface area contributed by atoms with E-state index in [4.69, 9.17) is 9.79 Å². The van der Waals surface area contributed by atoms with Gasteiger partial charge in [0.15, 0.2) is 0 Å². The predicted octanol–water partition coefficient (Wildman–Crippen LogP) is 7.30. The van der Waals surface area contributed by atoms with E-state index in [0.717, 1.165) is 19.3 Å². The zero-order valence-electron chi connectivity index (χ0n) is 18.7. The van der Waals surface area contributed by atoms with Gasteiger partial charge in [0.25, 0.3) is 0 Å². The van der Waals surface area contributed by atoms with Gasteiger partial charge in [-0.1, -0.05) is 116 Å². The highest BCUT2D eigenvalue weighted by atomic mass is 31.2. The van der Waals surface area contributed by atoms with Crippen molar-refractivity contribution >= 4 is 13.7 Å². The van der Waals surface area contributed by atoms with Crippen molar-refractivity contribution < 1.29 is 19.1 Å². The minimum Gasteiger partial charge on any atom is -0.324 e. The Bertz CT molecular complexity index is 433. The molecule has 0 aromatic heterocycles. The first kappa shape index (κ1) is 28.5. The van der Waals surface area contributed by atoms with Gasteiger partial charge in [-0.3, -0.25) is 4.57 Å². The molecular weight excluding hydrogens is 385 g/mol. The van der Waals surface area contributed by atoms with Crippen molar-refractivity contribution in [3.63, 3.8) is 0 Å². The van der Waals surface area contributed by atoms with Crippen LogP contribution in [0.2, 0.25) is 0 Å². The molecular formula is C23H46NO4P. The first-order valence-electron chi connectivity index (χ1n) is 12.1. The van der Waals surface area contributed by atoms with E-state index in [1.165, 1.54) is 103 Å². The van der Waals surface area contributed by atoms with Crippen LogP contribution in [-0.4, -0.2) is 28.6 Å². The Morgan fingerprint density at radius 3 is 1.07 bits per heavy atom. The molecule has 2 N–H and O–H groups in total. The van der Waals surface area contributed by atoms with Crippen molar-refractivity contribution in [2.75, 3.05) is 12.7 Å². The maximum absolute atomic E-state index is 10.7. The van der Waals surface area contributed by atoms with Crippen LogP contribution < -0.4 is 0 Å². The summed E-state index contributed by atoms with van der Waals surface area (Å²) >= 11 is 0. The number of isocyanates is 1.